The lowest BCUT2D eigenvalue weighted by atomic mass is 10.0. The molecule has 1 heterocycles. The Labute approximate surface area is 261 Å². The van der Waals surface area contributed by atoms with E-state index in [1.54, 1.807) is 42.5 Å². The summed E-state index contributed by atoms with van der Waals surface area (Å²) in [6.07, 6.45) is 3.62. The highest BCUT2D eigenvalue weighted by molar-refractivity contribution is 7.18. The monoisotopic (exact) mass is 633 g/mol. The molecule has 15 heteroatoms. The number of nitrogens with one attached hydrogen (secondary N) is 3. The Bertz CT molecular complexity index is 1660. The number of hydrazine groups is 1. The van der Waals surface area contributed by atoms with E-state index in [9.17, 15) is 14.4 Å². The Morgan fingerprint density at radius 1 is 1.07 bits per heavy atom. The molecule has 0 saturated carbocycles. The highest BCUT2D eigenvalue weighted by Crippen LogP contribution is 2.27. The molecule has 4 aromatic rings. The second kappa shape index (κ2) is 15.2. The fourth-order valence-corrected chi connectivity index (χ4v) is 4.84. The van der Waals surface area contributed by atoms with Crippen molar-refractivity contribution in [1.29, 1.82) is 0 Å². The fourth-order valence-electron chi connectivity index (χ4n) is 3.93. The van der Waals surface area contributed by atoms with Crippen LogP contribution in [0.15, 0.2) is 84.0 Å². The number of halogens is 1. The summed E-state index contributed by atoms with van der Waals surface area (Å²) in [5.74, 6) is 10.2. The van der Waals surface area contributed by atoms with E-state index in [4.69, 9.17) is 23.3 Å². The molecular weight excluding hydrogens is 606 g/mol. The summed E-state index contributed by atoms with van der Waals surface area (Å²) in [6.45, 7) is 0. The Kier molecular flexibility index (Phi) is 11.0. The van der Waals surface area contributed by atoms with Gasteiger partial charge in [-0.3, -0.25) is 19.9 Å². The molecule has 44 heavy (non-hydrogen) atoms. The van der Waals surface area contributed by atoms with Crippen molar-refractivity contribution in [2.24, 2.45) is 16.8 Å². The number of carbonyl (C=O) groups is 3. The summed E-state index contributed by atoms with van der Waals surface area (Å²) >= 11 is 7.31. The van der Waals surface area contributed by atoms with Gasteiger partial charge in [0.2, 0.25) is 16.9 Å². The number of aromatic nitrogens is 2. The van der Waals surface area contributed by atoms with E-state index >= 15 is 0 Å². The van der Waals surface area contributed by atoms with Crippen molar-refractivity contribution < 1.29 is 19.1 Å². The van der Waals surface area contributed by atoms with Gasteiger partial charge in [-0.1, -0.05) is 53.3 Å². The number of rotatable bonds is 11. The van der Waals surface area contributed by atoms with Gasteiger partial charge in [0.15, 0.2) is 0 Å². The van der Waals surface area contributed by atoms with Gasteiger partial charge in [0.1, 0.15) is 17.4 Å². The van der Waals surface area contributed by atoms with Crippen LogP contribution in [0.25, 0.3) is 16.6 Å². The normalized spacial score (nSPS) is 11.7. The number of benzene rings is 3. The van der Waals surface area contributed by atoms with E-state index in [2.05, 4.69) is 36.0 Å². The summed E-state index contributed by atoms with van der Waals surface area (Å²) in [7, 11) is 1.25. The molecule has 1 aromatic heterocycles. The SMILES string of the molecule is COC(=O)Nc1nnc(-c2ccc(NC(=O)[C@H](Cc3ccccc3)NC(=O)/C=C/c3cc(Cl)ccc3N(N)/C=N\N)cc2)s1. The first-order valence-electron chi connectivity index (χ1n) is 12.9. The first kappa shape index (κ1) is 31.6. The van der Waals surface area contributed by atoms with Crippen LogP contribution in [0, 0.1) is 0 Å². The standard InChI is InChI=1S/C29H28ClN9O4S/c1-43-29(42)36-28-38-37-27(44-28)19-7-11-22(12-8-19)34-26(41)23(15-18-5-3-2-4-6-18)35-25(40)14-9-20-16-21(30)10-13-24(20)39(32)17-33-31/h2-14,16-17,23H,15,31-32H2,1H3,(H,34,41)(H,35,40)(H,36,38,42)/b14-9+,33-17-/t23-/m0/s1. The van der Waals surface area contributed by atoms with Crippen molar-refractivity contribution in [3.63, 3.8) is 0 Å². The van der Waals surface area contributed by atoms with Crippen molar-refractivity contribution in [3.05, 3.63) is 95.0 Å². The first-order valence-corrected chi connectivity index (χ1v) is 14.1. The van der Waals surface area contributed by atoms with Gasteiger partial charge < -0.3 is 21.2 Å². The maximum absolute atomic E-state index is 13.4. The van der Waals surface area contributed by atoms with Crippen molar-refractivity contribution >= 4 is 69.8 Å². The molecule has 0 unspecified atom stereocenters. The van der Waals surface area contributed by atoms with Crippen LogP contribution in [0.2, 0.25) is 5.02 Å². The number of methoxy groups -OCH3 is 1. The summed E-state index contributed by atoms with van der Waals surface area (Å²) in [5.41, 5.74) is 3.12. The van der Waals surface area contributed by atoms with E-state index in [0.29, 0.717) is 27.0 Å². The zero-order valence-electron chi connectivity index (χ0n) is 23.3. The topological polar surface area (TPSA) is 190 Å². The lowest BCUT2D eigenvalue weighted by molar-refractivity contribution is -0.123. The van der Waals surface area contributed by atoms with Crippen LogP contribution in [0.1, 0.15) is 11.1 Å². The van der Waals surface area contributed by atoms with Crippen molar-refractivity contribution in [3.8, 4) is 10.6 Å². The van der Waals surface area contributed by atoms with Crippen LogP contribution in [0.5, 0.6) is 0 Å². The lowest BCUT2D eigenvalue weighted by Gasteiger charge is -2.18. The van der Waals surface area contributed by atoms with E-state index < -0.39 is 23.9 Å². The molecule has 3 amide bonds. The smallest absolute Gasteiger partial charge is 0.413 e. The summed E-state index contributed by atoms with van der Waals surface area (Å²) in [4.78, 5) is 37.8. The number of hydrazone groups is 1. The zero-order valence-corrected chi connectivity index (χ0v) is 24.9. The number of amides is 3. The molecule has 7 N–H and O–H groups in total. The van der Waals surface area contributed by atoms with Crippen LogP contribution in [0.3, 0.4) is 0 Å². The van der Waals surface area contributed by atoms with Crippen LogP contribution in [-0.2, 0) is 20.7 Å². The highest BCUT2D eigenvalue weighted by atomic mass is 35.5. The number of nitrogens with two attached hydrogens (primary N) is 2. The van der Waals surface area contributed by atoms with Crippen LogP contribution in [0.4, 0.5) is 21.3 Å². The third kappa shape index (κ3) is 8.84. The molecule has 0 bridgehead atoms. The van der Waals surface area contributed by atoms with E-state index in [0.717, 1.165) is 11.1 Å². The number of hydrogen-bond donors (Lipinski definition) is 5. The van der Waals surface area contributed by atoms with Gasteiger partial charge in [-0.25, -0.2) is 10.6 Å². The quantitative estimate of drug-likeness (QED) is 0.0534. The summed E-state index contributed by atoms with van der Waals surface area (Å²) in [5, 5.41) is 22.0. The molecule has 4 rings (SSSR count). The van der Waals surface area contributed by atoms with Crippen LogP contribution < -0.4 is 32.6 Å². The maximum atomic E-state index is 13.4. The molecule has 0 fully saturated rings. The van der Waals surface area contributed by atoms with Crippen molar-refractivity contribution in [1.82, 2.24) is 15.5 Å². The molecule has 13 nitrogen and oxygen atoms in total. The number of ether oxygens (including phenoxy) is 1. The number of carbonyl (C=O) groups excluding carboxylic acids is 3. The van der Waals surface area contributed by atoms with Gasteiger partial charge in [-0.15, -0.1) is 10.2 Å². The zero-order chi connectivity index (χ0) is 31.5. The average Bonchev–Trinajstić information content (AvgIpc) is 3.49. The Morgan fingerprint density at radius 2 is 1.82 bits per heavy atom. The van der Waals surface area contributed by atoms with E-state index in [1.807, 2.05) is 30.3 Å². The Hall–Kier alpha value is -5.31. The fraction of sp³-hybridized carbons (Fsp3) is 0.103. The minimum absolute atomic E-state index is 0.247. The molecule has 3 aromatic carbocycles. The minimum atomic E-state index is -0.904. The molecular formula is C29H28ClN9O4S. The summed E-state index contributed by atoms with van der Waals surface area (Å²) < 4.78 is 4.56. The van der Waals surface area contributed by atoms with E-state index in [1.165, 1.54) is 41.9 Å². The largest absolute Gasteiger partial charge is 0.453 e. The van der Waals surface area contributed by atoms with Gasteiger partial charge >= 0.3 is 6.09 Å². The second-order valence-corrected chi connectivity index (χ2v) is 10.5. The molecule has 0 aliphatic carbocycles. The number of nitrogens with zero attached hydrogens (tertiary/aromatic N) is 4. The predicted molar refractivity (Wildman–Crippen MR) is 172 cm³/mol. The molecule has 0 radical (unpaired) electrons. The molecule has 226 valence electrons. The summed E-state index contributed by atoms with van der Waals surface area (Å²) in [6, 6.07) is 20.2. The highest BCUT2D eigenvalue weighted by Gasteiger charge is 2.21. The Morgan fingerprint density at radius 3 is 2.52 bits per heavy atom. The minimum Gasteiger partial charge on any atom is -0.453 e. The van der Waals surface area contributed by atoms with Crippen LogP contribution in [-0.4, -0.2) is 47.6 Å². The van der Waals surface area contributed by atoms with Crippen LogP contribution >= 0.6 is 22.9 Å². The third-order valence-corrected chi connectivity index (χ3v) is 7.13. The molecule has 1 atom stereocenters. The van der Waals surface area contributed by atoms with Crippen molar-refractivity contribution in [2.45, 2.75) is 12.5 Å². The second-order valence-electron chi connectivity index (χ2n) is 9.05. The lowest BCUT2D eigenvalue weighted by Crippen LogP contribution is -2.44. The van der Waals surface area contributed by atoms with Crippen molar-refractivity contribution in [2.75, 3.05) is 22.8 Å². The molecule has 0 aliphatic rings. The van der Waals surface area contributed by atoms with Gasteiger partial charge in [-0.05, 0) is 54.1 Å². The first-order chi connectivity index (χ1) is 21.2. The van der Waals surface area contributed by atoms with E-state index in [-0.39, 0.29) is 11.6 Å². The van der Waals surface area contributed by atoms with Gasteiger partial charge in [0.05, 0.1) is 12.8 Å². The maximum Gasteiger partial charge on any atom is 0.413 e. The Balaban J connectivity index is 1.47. The third-order valence-electron chi connectivity index (χ3n) is 6.01. The van der Waals surface area contributed by atoms with Gasteiger partial charge in [-0.2, -0.15) is 5.10 Å². The van der Waals surface area contributed by atoms with Gasteiger partial charge in [0, 0.05) is 34.3 Å². The molecule has 0 aliphatic heterocycles. The van der Waals surface area contributed by atoms with Gasteiger partial charge in [0.25, 0.3) is 0 Å². The molecule has 0 spiro atoms. The number of hydrogen-bond acceptors (Lipinski definition) is 10. The number of anilines is 3. The average molecular weight is 634 g/mol. The predicted octanol–water partition coefficient (Wildman–Crippen LogP) is 4.00. The molecule has 0 saturated heterocycles.